The fraction of sp³-hybridized carbons (Fsp3) is 0.562. The van der Waals surface area contributed by atoms with E-state index in [2.05, 4.69) is 0 Å². The van der Waals surface area contributed by atoms with Crippen LogP contribution in [-0.4, -0.2) is 56.0 Å². The normalized spacial score (nSPS) is 22.9. The summed E-state index contributed by atoms with van der Waals surface area (Å²) < 4.78 is 22.7. The molecule has 2 unspecified atom stereocenters. The van der Waals surface area contributed by atoms with E-state index in [1.807, 2.05) is 69.4 Å². The van der Waals surface area contributed by atoms with Gasteiger partial charge in [0, 0.05) is 26.8 Å². The number of hydrogen-bond donors (Lipinski definition) is 0. The third-order valence-corrected chi connectivity index (χ3v) is 7.90. The van der Waals surface area contributed by atoms with Gasteiger partial charge in [0.2, 0.25) is 0 Å². The van der Waals surface area contributed by atoms with E-state index < -0.39 is 0 Å². The van der Waals surface area contributed by atoms with Crippen LogP contribution < -0.4 is 4.74 Å². The zero-order chi connectivity index (χ0) is 27.8. The highest BCUT2D eigenvalue weighted by molar-refractivity contribution is 5.73. The molecule has 0 radical (unpaired) electrons. The van der Waals surface area contributed by atoms with E-state index in [0.717, 1.165) is 67.6 Å². The highest BCUT2D eigenvalue weighted by Crippen LogP contribution is 2.32. The second-order valence-corrected chi connectivity index (χ2v) is 11.2. The molecule has 2 aromatic carbocycles. The first-order valence-electron chi connectivity index (χ1n) is 14.3. The average molecular weight is 538 g/mol. The number of nitrogens with zero attached hydrogens (tertiary/aromatic N) is 1. The molecule has 2 aromatic rings. The Kier molecular flexibility index (Phi) is 10.3. The first-order valence-corrected chi connectivity index (χ1v) is 14.3. The van der Waals surface area contributed by atoms with Crippen LogP contribution in [0.4, 0.5) is 4.79 Å². The van der Waals surface area contributed by atoms with Gasteiger partial charge in [0.1, 0.15) is 12.4 Å². The molecule has 0 saturated heterocycles. The highest BCUT2D eigenvalue weighted by Gasteiger charge is 2.31. The molecular weight excluding hydrogens is 494 g/mol. The van der Waals surface area contributed by atoms with Crippen LogP contribution in [0.2, 0.25) is 0 Å². The summed E-state index contributed by atoms with van der Waals surface area (Å²) in [4.78, 5) is 26.9. The van der Waals surface area contributed by atoms with Gasteiger partial charge in [-0.1, -0.05) is 36.4 Å². The zero-order valence-electron chi connectivity index (χ0n) is 23.8. The van der Waals surface area contributed by atoms with E-state index in [4.69, 9.17) is 18.9 Å². The van der Waals surface area contributed by atoms with E-state index in [1.54, 1.807) is 12.0 Å². The van der Waals surface area contributed by atoms with Gasteiger partial charge < -0.3 is 23.8 Å². The average Bonchev–Trinajstić information content (AvgIpc) is 3.40. The Balaban J connectivity index is 1.33. The van der Waals surface area contributed by atoms with Gasteiger partial charge in [0.15, 0.2) is 0 Å². The Hall–Kier alpha value is -3.06. The summed E-state index contributed by atoms with van der Waals surface area (Å²) in [6, 6.07) is 16.2. The molecular formula is C32H43NO6. The predicted molar refractivity (Wildman–Crippen MR) is 150 cm³/mol. The van der Waals surface area contributed by atoms with Crippen molar-refractivity contribution in [2.75, 3.05) is 20.8 Å². The molecule has 212 valence electrons. The molecule has 0 bridgehead atoms. The minimum absolute atomic E-state index is 0.00245. The molecule has 7 heteroatoms. The molecule has 2 aliphatic carbocycles. The van der Waals surface area contributed by atoms with Crippen LogP contribution in [0.15, 0.2) is 48.5 Å². The van der Waals surface area contributed by atoms with E-state index in [-0.39, 0.29) is 42.8 Å². The van der Waals surface area contributed by atoms with Crippen LogP contribution in [0.25, 0.3) is 11.1 Å². The van der Waals surface area contributed by atoms with Gasteiger partial charge in [-0.3, -0.25) is 4.79 Å². The molecule has 1 amide bonds. The quantitative estimate of drug-likeness (QED) is 0.317. The molecule has 7 nitrogen and oxygen atoms in total. The van der Waals surface area contributed by atoms with Crippen molar-refractivity contribution >= 4 is 12.1 Å². The molecule has 0 heterocycles. The van der Waals surface area contributed by atoms with Crippen molar-refractivity contribution < 1.29 is 28.5 Å². The lowest BCUT2D eigenvalue weighted by atomic mass is 9.87. The van der Waals surface area contributed by atoms with Crippen molar-refractivity contribution in [2.45, 2.75) is 83.6 Å². The van der Waals surface area contributed by atoms with Crippen LogP contribution in [0.3, 0.4) is 0 Å². The predicted octanol–water partition coefficient (Wildman–Crippen LogP) is 6.63. The van der Waals surface area contributed by atoms with Crippen molar-refractivity contribution in [3.63, 3.8) is 0 Å². The second-order valence-electron chi connectivity index (χ2n) is 11.2. The summed E-state index contributed by atoms with van der Waals surface area (Å²) in [6.07, 6.45) is 6.05. The zero-order valence-corrected chi connectivity index (χ0v) is 23.8. The summed E-state index contributed by atoms with van der Waals surface area (Å²) in [7, 11) is 3.55. The van der Waals surface area contributed by atoms with E-state index >= 15 is 0 Å². The van der Waals surface area contributed by atoms with Crippen molar-refractivity contribution in [1.82, 2.24) is 4.90 Å². The van der Waals surface area contributed by atoms with Crippen LogP contribution in [0, 0.1) is 11.8 Å². The molecule has 0 aliphatic heterocycles. The molecule has 0 aromatic heterocycles. The van der Waals surface area contributed by atoms with Gasteiger partial charge in [0.25, 0.3) is 0 Å². The van der Waals surface area contributed by atoms with Gasteiger partial charge in [-0.15, -0.1) is 0 Å². The topological polar surface area (TPSA) is 74.3 Å². The Labute approximate surface area is 232 Å². The summed E-state index contributed by atoms with van der Waals surface area (Å²) in [6.45, 7) is 4.71. The van der Waals surface area contributed by atoms with Crippen LogP contribution >= 0.6 is 0 Å². The van der Waals surface area contributed by atoms with Gasteiger partial charge >= 0.3 is 12.1 Å². The summed E-state index contributed by atoms with van der Waals surface area (Å²) in [5.41, 5.74) is 3.01. The van der Waals surface area contributed by atoms with Crippen molar-refractivity contribution in [3.05, 3.63) is 54.1 Å². The fourth-order valence-electron chi connectivity index (χ4n) is 5.81. The Morgan fingerprint density at radius 3 is 2.49 bits per heavy atom. The summed E-state index contributed by atoms with van der Waals surface area (Å²) in [5, 5.41) is 0. The minimum Gasteiger partial charge on any atom is -0.490 e. The molecule has 2 fully saturated rings. The number of benzene rings is 2. The lowest BCUT2D eigenvalue weighted by Gasteiger charge is -2.29. The fourth-order valence-corrected chi connectivity index (χ4v) is 5.81. The molecule has 4 rings (SSSR count). The number of ether oxygens (including phenoxy) is 4. The third-order valence-electron chi connectivity index (χ3n) is 7.90. The maximum absolute atomic E-state index is 12.8. The number of amides is 1. The molecule has 0 N–H and O–H groups in total. The highest BCUT2D eigenvalue weighted by atomic mass is 16.6. The maximum Gasteiger partial charge on any atom is 0.410 e. The van der Waals surface area contributed by atoms with Crippen molar-refractivity contribution in [1.29, 1.82) is 0 Å². The monoisotopic (exact) mass is 537 g/mol. The third kappa shape index (κ3) is 7.98. The maximum atomic E-state index is 12.8. The molecule has 4 atom stereocenters. The Bertz CT molecular complexity index is 1080. The van der Waals surface area contributed by atoms with Gasteiger partial charge in [-0.25, -0.2) is 4.79 Å². The number of hydrogen-bond acceptors (Lipinski definition) is 6. The largest absolute Gasteiger partial charge is 0.490 e. The number of methoxy groups -OCH3 is 1. The number of rotatable bonds is 10. The van der Waals surface area contributed by atoms with Gasteiger partial charge in [0.05, 0.1) is 18.1 Å². The lowest BCUT2D eigenvalue weighted by molar-refractivity contribution is -0.154. The smallest absolute Gasteiger partial charge is 0.410 e. The van der Waals surface area contributed by atoms with Crippen LogP contribution in [-0.2, 0) is 25.6 Å². The van der Waals surface area contributed by atoms with E-state index in [9.17, 15) is 9.59 Å². The molecule has 2 aliphatic rings. The first-order chi connectivity index (χ1) is 18.8. The Morgan fingerprint density at radius 1 is 0.974 bits per heavy atom. The first kappa shape index (κ1) is 28.9. The summed E-state index contributed by atoms with van der Waals surface area (Å²) in [5.74, 6) is 1.08. The van der Waals surface area contributed by atoms with Crippen molar-refractivity contribution in [3.8, 4) is 16.9 Å². The van der Waals surface area contributed by atoms with Gasteiger partial charge in [-0.2, -0.15) is 0 Å². The standard InChI is InChI=1S/C32H43NO6/c1-22(2)38-31(34)25-9-7-10-29(19-25)39-28-16-13-24(14-17-28)30-11-6-5-8-26(30)21-37-32(35)33(3)27-15-12-23(18-27)20-36-4/h5-6,8,11,13-14,16-17,22-23,25,27,29H,7,9-10,12,15,18-21H2,1-4H3/t23?,25-,27?,29-/m0/s1. The lowest BCUT2D eigenvalue weighted by Crippen LogP contribution is -2.36. The van der Waals surface area contributed by atoms with E-state index in [0.29, 0.717) is 12.3 Å². The number of esters is 1. The summed E-state index contributed by atoms with van der Waals surface area (Å²) >= 11 is 0. The molecule has 2 saturated carbocycles. The SMILES string of the molecule is COCC1CCC(N(C)C(=O)OCc2ccccc2-c2ccc(O[C@H]3CCC[C@H](C(=O)OC(C)C)C3)cc2)C1. The van der Waals surface area contributed by atoms with E-state index in [1.165, 1.54) is 0 Å². The Morgan fingerprint density at radius 2 is 1.74 bits per heavy atom. The van der Waals surface area contributed by atoms with Crippen molar-refractivity contribution in [2.24, 2.45) is 11.8 Å². The molecule has 39 heavy (non-hydrogen) atoms. The van der Waals surface area contributed by atoms with Gasteiger partial charge in [-0.05, 0) is 93.5 Å². The number of carbonyl (C=O) groups is 2. The van der Waals surface area contributed by atoms with Crippen LogP contribution in [0.5, 0.6) is 5.75 Å². The van der Waals surface area contributed by atoms with Crippen LogP contribution in [0.1, 0.15) is 64.4 Å². The number of carbonyl (C=O) groups excluding carboxylic acids is 2. The second kappa shape index (κ2) is 13.8. The molecule has 0 spiro atoms. The minimum atomic E-state index is -0.292.